The van der Waals surface area contributed by atoms with Crippen LogP contribution in [0.4, 0.5) is 0 Å². The van der Waals surface area contributed by atoms with Gasteiger partial charge in [-0.3, -0.25) is 0 Å². The molecule has 0 bridgehead atoms. The van der Waals surface area contributed by atoms with Crippen molar-refractivity contribution in [2.45, 2.75) is 57.5 Å². The number of hydrogen-bond acceptors (Lipinski definition) is 2. The van der Waals surface area contributed by atoms with Crippen LogP contribution in [0.1, 0.15) is 27.2 Å². The third kappa shape index (κ3) is 4.64. The van der Waals surface area contributed by atoms with Crippen molar-refractivity contribution in [3.63, 3.8) is 0 Å². The van der Waals surface area contributed by atoms with Crippen molar-refractivity contribution < 1.29 is 9.53 Å². The third-order valence-electron chi connectivity index (χ3n) is 3.26. The Bertz CT molecular complexity index is 241. The lowest BCUT2D eigenvalue weighted by molar-refractivity contribution is 0.138. The molecular weight excluding hydrogens is 216 g/mol. The summed E-state index contributed by atoms with van der Waals surface area (Å²) in [5.74, 6) is 0. The van der Waals surface area contributed by atoms with Gasteiger partial charge in [-0.25, -0.2) is 0 Å². The highest BCUT2D eigenvalue weighted by atomic mass is 28.4. The van der Waals surface area contributed by atoms with Crippen LogP contribution < -0.4 is 0 Å². The van der Waals surface area contributed by atoms with Gasteiger partial charge in [0.1, 0.15) is 0 Å². The molecule has 0 radical (unpaired) electrons. The molecule has 0 aliphatic carbocycles. The number of rotatable bonds is 6. The molecular formula is C13H26O2Si. The summed E-state index contributed by atoms with van der Waals surface area (Å²) < 4.78 is 6.14. The molecule has 0 rings (SSSR count). The van der Waals surface area contributed by atoms with Gasteiger partial charge in [0.25, 0.3) is 0 Å². The summed E-state index contributed by atoms with van der Waals surface area (Å²) in [5.41, 5.74) is 0. The molecule has 0 aliphatic heterocycles. The maximum atomic E-state index is 9.53. The predicted molar refractivity (Wildman–Crippen MR) is 73.1 cm³/mol. The highest BCUT2D eigenvalue weighted by molar-refractivity contribution is 6.74. The minimum atomic E-state index is -1.79. The Morgan fingerprint density at radius 2 is 1.75 bits per heavy atom. The molecule has 3 heteroatoms. The molecule has 0 saturated carbocycles. The number of aliphatic hydroxyl groups is 1. The fraction of sp³-hybridized carbons (Fsp3) is 0.692. The lowest BCUT2D eigenvalue weighted by Crippen LogP contribution is -2.44. The second-order valence-electron chi connectivity index (χ2n) is 5.69. The van der Waals surface area contributed by atoms with Gasteiger partial charge in [-0.15, -0.1) is 13.2 Å². The van der Waals surface area contributed by atoms with Crippen molar-refractivity contribution in [3.8, 4) is 0 Å². The molecule has 0 aliphatic rings. The molecule has 0 aromatic rings. The minimum Gasteiger partial charge on any atom is -0.410 e. The summed E-state index contributed by atoms with van der Waals surface area (Å²) in [4.78, 5) is 0. The van der Waals surface area contributed by atoms with Crippen molar-refractivity contribution in [1.82, 2.24) is 0 Å². The average molecular weight is 242 g/mol. The molecule has 1 N–H and O–H groups in total. The summed E-state index contributed by atoms with van der Waals surface area (Å²) in [7, 11) is -1.79. The molecule has 16 heavy (non-hydrogen) atoms. The Kier molecular flexibility index (Phi) is 5.66. The topological polar surface area (TPSA) is 29.5 Å². The lowest BCUT2D eigenvalue weighted by atomic mass is 10.1. The van der Waals surface area contributed by atoms with E-state index in [1.165, 1.54) is 6.08 Å². The van der Waals surface area contributed by atoms with E-state index in [9.17, 15) is 5.11 Å². The van der Waals surface area contributed by atoms with Crippen LogP contribution in [-0.2, 0) is 4.43 Å². The second kappa shape index (κ2) is 5.80. The van der Waals surface area contributed by atoms with Crippen molar-refractivity contribution in [2.24, 2.45) is 0 Å². The molecule has 0 aromatic carbocycles. The SMILES string of the molecule is C=CC(O)CC(C=C)O[Si](C)(C)C(C)(C)C. The van der Waals surface area contributed by atoms with Crippen LogP contribution >= 0.6 is 0 Å². The van der Waals surface area contributed by atoms with Crippen molar-refractivity contribution in [1.29, 1.82) is 0 Å². The molecule has 0 heterocycles. The van der Waals surface area contributed by atoms with Gasteiger partial charge in [-0.2, -0.15) is 0 Å². The van der Waals surface area contributed by atoms with Gasteiger partial charge in [-0.05, 0) is 18.1 Å². The highest BCUT2D eigenvalue weighted by Gasteiger charge is 2.38. The fourth-order valence-corrected chi connectivity index (χ4v) is 2.38. The summed E-state index contributed by atoms with van der Waals surface area (Å²) in [6.07, 6.45) is 3.24. The smallest absolute Gasteiger partial charge is 0.192 e. The number of aliphatic hydroxyl groups excluding tert-OH is 1. The van der Waals surface area contributed by atoms with Gasteiger partial charge in [0.15, 0.2) is 8.32 Å². The van der Waals surface area contributed by atoms with Crippen molar-refractivity contribution >= 4 is 8.32 Å². The van der Waals surface area contributed by atoms with E-state index in [2.05, 4.69) is 47.0 Å². The Morgan fingerprint density at radius 1 is 1.25 bits per heavy atom. The molecule has 0 amide bonds. The molecule has 94 valence electrons. The van der Waals surface area contributed by atoms with Gasteiger partial charge in [0.2, 0.25) is 0 Å². The predicted octanol–water partition coefficient (Wildman–Crippen LogP) is 3.50. The summed E-state index contributed by atoms with van der Waals surface area (Å²) in [6, 6.07) is 0. The van der Waals surface area contributed by atoms with Gasteiger partial charge < -0.3 is 9.53 Å². The van der Waals surface area contributed by atoms with Crippen LogP contribution in [0.15, 0.2) is 25.3 Å². The van der Waals surface area contributed by atoms with Crippen LogP contribution in [0, 0.1) is 0 Å². The Hall–Kier alpha value is -0.383. The first kappa shape index (κ1) is 15.6. The molecule has 0 fully saturated rings. The first-order chi connectivity index (χ1) is 7.14. The van der Waals surface area contributed by atoms with Crippen LogP contribution in [0.5, 0.6) is 0 Å². The van der Waals surface area contributed by atoms with Crippen molar-refractivity contribution in [3.05, 3.63) is 25.3 Å². The van der Waals surface area contributed by atoms with Gasteiger partial charge in [0.05, 0.1) is 12.2 Å². The summed E-state index contributed by atoms with van der Waals surface area (Å²) >= 11 is 0. The van der Waals surface area contributed by atoms with Crippen LogP contribution in [0.2, 0.25) is 18.1 Å². The fourth-order valence-electron chi connectivity index (χ4n) is 1.08. The molecule has 2 nitrogen and oxygen atoms in total. The summed E-state index contributed by atoms with van der Waals surface area (Å²) in [5, 5.41) is 9.70. The van der Waals surface area contributed by atoms with E-state index < -0.39 is 14.4 Å². The monoisotopic (exact) mass is 242 g/mol. The van der Waals surface area contributed by atoms with E-state index in [1.807, 2.05) is 0 Å². The largest absolute Gasteiger partial charge is 0.410 e. The van der Waals surface area contributed by atoms with Crippen LogP contribution in [0.25, 0.3) is 0 Å². The van der Waals surface area contributed by atoms with Crippen LogP contribution in [-0.4, -0.2) is 25.6 Å². The molecule has 2 unspecified atom stereocenters. The standard InChI is InChI=1S/C13H26O2Si/c1-8-11(14)10-12(9-2)15-16(6,7)13(3,4)5/h8-9,11-12,14H,1-2,10H2,3-7H3. The zero-order valence-electron chi connectivity index (χ0n) is 11.3. The Morgan fingerprint density at radius 3 is 2.06 bits per heavy atom. The van der Waals surface area contributed by atoms with Gasteiger partial charge in [-0.1, -0.05) is 32.9 Å². The zero-order chi connectivity index (χ0) is 13.0. The minimum absolute atomic E-state index is 0.0890. The zero-order valence-corrected chi connectivity index (χ0v) is 12.3. The van der Waals surface area contributed by atoms with E-state index in [4.69, 9.17) is 4.43 Å². The molecule has 2 atom stereocenters. The second-order valence-corrected chi connectivity index (χ2v) is 10.4. The quantitative estimate of drug-likeness (QED) is 0.570. The van der Waals surface area contributed by atoms with Gasteiger partial charge >= 0.3 is 0 Å². The average Bonchev–Trinajstić information content (AvgIpc) is 2.14. The van der Waals surface area contributed by atoms with E-state index in [-0.39, 0.29) is 11.1 Å². The summed E-state index contributed by atoms with van der Waals surface area (Å²) in [6.45, 7) is 18.3. The molecule has 0 saturated heterocycles. The normalized spacial score (nSPS) is 16.6. The van der Waals surface area contributed by atoms with E-state index in [0.29, 0.717) is 6.42 Å². The van der Waals surface area contributed by atoms with Crippen LogP contribution in [0.3, 0.4) is 0 Å². The van der Waals surface area contributed by atoms with E-state index in [0.717, 1.165) is 0 Å². The first-order valence-electron chi connectivity index (χ1n) is 5.75. The highest BCUT2D eigenvalue weighted by Crippen LogP contribution is 2.37. The molecule has 0 aromatic heterocycles. The van der Waals surface area contributed by atoms with Gasteiger partial charge in [0, 0.05) is 6.42 Å². The van der Waals surface area contributed by atoms with E-state index in [1.54, 1.807) is 6.08 Å². The first-order valence-corrected chi connectivity index (χ1v) is 8.66. The van der Waals surface area contributed by atoms with Crippen molar-refractivity contribution in [2.75, 3.05) is 0 Å². The Balaban J connectivity index is 4.54. The number of hydrogen-bond donors (Lipinski definition) is 1. The lowest BCUT2D eigenvalue weighted by Gasteiger charge is -2.38. The third-order valence-corrected chi connectivity index (χ3v) is 7.77. The maximum absolute atomic E-state index is 9.53. The molecule has 0 spiro atoms. The van der Waals surface area contributed by atoms with E-state index >= 15 is 0 Å². The maximum Gasteiger partial charge on any atom is 0.192 e. The Labute approximate surface area is 101 Å².